The van der Waals surface area contributed by atoms with E-state index < -0.39 is 6.08 Å². The highest BCUT2D eigenvalue weighted by atomic mass is 19.3. The van der Waals surface area contributed by atoms with Crippen LogP contribution in [0.2, 0.25) is 0 Å². The van der Waals surface area contributed by atoms with Gasteiger partial charge < -0.3 is 4.74 Å². The van der Waals surface area contributed by atoms with Crippen LogP contribution in [-0.2, 0) is 0 Å². The normalized spacial score (nSPS) is 10.5. The lowest BCUT2D eigenvalue weighted by molar-refractivity contribution is 0.361. The lowest BCUT2D eigenvalue weighted by Crippen LogP contribution is -1.94. The topological polar surface area (TPSA) is 9.23 Å². The molecule has 0 aliphatic rings. The lowest BCUT2D eigenvalue weighted by atomic mass is 9.99. The van der Waals surface area contributed by atoms with E-state index in [2.05, 4.69) is 6.58 Å². The number of ether oxygens (including phenoxy) is 1. The van der Waals surface area contributed by atoms with E-state index in [-0.39, 0.29) is 5.82 Å². The maximum absolute atomic E-state index is 14.4. The van der Waals surface area contributed by atoms with Gasteiger partial charge in [-0.3, -0.25) is 0 Å². The SMILES string of the molecule is C=CCOc1ccc(-c2ccc3cc(C=C(F)F)ccc3c2)c(F)c1. The van der Waals surface area contributed by atoms with Gasteiger partial charge in [-0.15, -0.1) is 0 Å². The summed E-state index contributed by atoms with van der Waals surface area (Å²) in [7, 11) is 0. The van der Waals surface area contributed by atoms with Crippen molar-refractivity contribution in [1.82, 2.24) is 0 Å². The molecule has 126 valence electrons. The van der Waals surface area contributed by atoms with Crippen LogP contribution < -0.4 is 4.74 Å². The first kappa shape index (κ1) is 16.8. The molecule has 25 heavy (non-hydrogen) atoms. The van der Waals surface area contributed by atoms with Crippen molar-refractivity contribution in [1.29, 1.82) is 0 Å². The standard InChI is InChI=1S/C21H15F3O/c1-2-9-25-18-7-8-19(20(22)13-18)17-6-5-15-10-14(11-21(23)24)3-4-16(15)12-17/h2-8,10-13H,1,9H2. The smallest absolute Gasteiger partial charge is 0.270 e. The Morgan fingerprint density at radius 2 is 1.72 bits per heavy atom. The van der Waals surface area contributed by atoms with Crippen LogP contribution in [0.4, 0.5) is 13.2 Å². The second-order valence-electron chi connectivity index (χ2n) is 5.50. The van der Waals surface area contributed by atoms with Crippen LogP contribution in [-0.4, -0.2) is 6.61 Å². The molecule has 3 aromatic carbocycles. The van der Waals surface area contributed by atoms with E-state index in [0.29, 0.717) is 29.0 Å². The van der Waals surface area contributed by atoms with E-state index in [1.807, 2.05) is 6.07 Å². The summed E-state index contributed by atoms with van der Waals surface area (Å²) in [5, 5.41) is 1.66. The fourth-order valence-corrected chi connectivity index (χ4v) is 2.62. The van der Waals surface area contributed by atoms with E-state index in [4.69, 9.17) is 4.74 Å². The van der Waals surface area contributed by atoms with Crippen LogP contribution in [0, 0.1) is 5.82 Å². The van der Waals surface area contributed by atoms with Crippen molar-refractivity contribution in [3.8, 4) is 16.9 Å². The van der Waals surface area contributed by atoms with Gasteiger partial charge in [0.25, 0.3) is 6.08 Å². The molecule has 0 fully saturated rings. The molecule has 0 amide bonds. The Kier molecular flexibility index (Phi) is 4.89. The maximum atomic E-state index is 14.4. The van der Waals surface area contributed by atoms with Gasteiger partial charge in [-0.05, 0) is 46.2 Å². The third kappa shape index (κ3) is 3.91. The van der Waals surface area contributed by atoms with Crippen LogP contribution in [0.5, 0.6) is 5.75 Å². The summed E-state index contributed by atoms with van der Waals surface area (Å²) in [6, 6.07) is 15.1. The van der Waals surface area contributed by atoms with Crippen molar-refractivity contribution in [3.63, 3.8) is 0 Å². The van der Waals surface area contributed by atoms with Crippen molar-refractivity contribution in [3.05, 3.63) is 84.7 Å². The average Bonchev–Trinajstić information content (AvgIpc) is 2.59. The average molecular weight is 340 g/mol. The van der Waals surface area contributed by atoms with Crippen LogP contribution in [0.1, 0.15) is 5.56 Å². The van der Waals surface area contributed by atoms with E-state index in [9.17, 15) is 13.2 Å². The Bertz CT molecular complexity index is 957. The van der Waals surface area contributed by atoms with Gasteiger partial charge in [0, 0.05) is 17.7 Å². The molecule has 0 radical (unpaired) electrons. The zero-order valence-corrected chi connectivity index (χ0v) is 13.3. The molecule has 0 unspecified atom stereocenters. The maximum Gasteiger partial charge on any atom is 0.270 e. The third-order valence-corrected chi connectivity index (χ3v) is 3.76. The van der Waals surface area contributed by atoms with E-state index in [0.717, 1.165) is 16.8 Å². The van der Waals surface area contributed by atoms with Gasteiger partial charge in [-0.2, -0.15) is 8.78 Å². The lowest BCUT2D eigenvalue weighted by Gasteiger charge is -2.09. The minimum Gasteiger partial charge on any atom is -0.489 e. The zero-order valence-electron chi connectivity index (χ0n) is 13.3. The van der Waals surface area contributed by atoms with Gasteiger partial charge in [0.2, 0.25) is 0 Å². The summed E-state index contributed by atoms with van der Waals surface area (Å²) in [6.07, 6.45) is 0.666. The van der Waals surface area contributed by atoms with E-state index in [1.165, 1.54) is 6.07 Å². The largest absolute Gasteiger partial charge is 0.489 e. The predicted octanol–water partition coefficient (Wildman–Crippen LogP) is 6.45. The first-order chi connectivity index (χ1) is 12.1. The fourth-order valence-electron chi connectivity index (χ4n) is 2.62. The molecule has 0 N–H and O–H groups in total. The number of fused-ring (bicyclic) bond motifs is 1. The summed E-state index contributed by atoms with van der Waals surface area (Å²) in [5.41, 5.74) is 1.59. The zero-order chi connectivity index (χ0) is 17.8. The molecule has 0 aromatic heterocycles. The monoisotopic (exact) mass is 340 g/mol. The molecule has 3 aromatic rings. The summed E-state index contributed by atoms with van der Waals surface area (Å²) in [4.78, 5) is 0. The number of hydrogen-bond acceptors (Lipinski definition) is 1. The van der Waals surface area contributed by atoms with Crippen LogP contribution in [0.3, 0.4) is 0 Å². The number of halogens is 3. The predicted molar refractivity (Wildman–Crippen MR) is 95.2 cm³/mol. The highest BCUT2D eigenvalue weighted by molar-refractivity contribution is 5.89. The molecule has 0 aliphatic carbocycles. The molecule has 0 spiro atoms. The molecule has 0 heterocycles. The Morgan fingerprint density at radius 3 is 2.44 bits per heavy atom. The first-order valence-corrected chi connectivity index (χ1v) is 7.67. The summed E-state index contributed by atoms with van der Waals surface area (Å²) in [5.74, 6) is 0.0478. The highest BCUT2D eigenvalue weighted by Crippen LogP contribution is 2.29. The van der Waals surface area contributed by atoms with Crippen LogP contribution >= 0.6 is 0 Å². The molecule has 0 bridgehead atoms. The van der Waals surface area contributed by atoms with Crippen molar-refractivity contribution >= 4 is 16.8 Å². The highest BCUT2D eigenvalue weighted by Gasteiger charge is 2.08. The molecule has 0 atom stereocenters. The molecule has 3 rings (SSSR count). The van der Waals surface area contributed by atoms with Crippen LogP contribution in [0.25, 0.3) is 28.0 Å². The summed E-state index contributed by atoms with van der Waals surface area (Å²) >= 11 is 0. The van der Waals surface area contributed by atoms with Gasteiger partial charge in [0.1, 0.15) is 18.2 Å². The number of benzene rings is 3. The Hall–Kier alpha value is -3.01. The minimum atomic E-state index is -1.74. The molecular formula is C21H15F3O. The minimum absolute atomic E-state index is 0.311. The molecule has 0 aliphatic heterocycles. The van der Waals surface area contributed by atoms with E-state index in [1.54, 1.807) is 48.5 Å². The van der Waals surface area contributed by atoms with Crippen molar-refractivity contribution in [2.45, 2.75) is 0 Å². The first-order valence-electron chi connectivity index (χ1n) is 7.67. The number of rotatable bonds is 5. The molecule has 1 nitrogen and oxygen atoms in total. The second kappa shape index (κ2) is 7.26. The van der Waals surface area contributed by atoms with Gasteiger partial charge in [-0.25, -0.2) is 4.39 Å². The van der Waals surface area contributed by atoms with Gasteiger partial charge in [-0.1, -0.05) is 36.9 Å². The van der Waals surface area contributed by atoms with Crippen molar-refractivity contribution < 1.29 is 17.9 Å². The molecule has 0 saturated heterocycles. The quantitative estimate of drug-likeness (QED) is 0.485. The third-order valence-electron chi connectivity index (χ3n) is 3.76. The Morgan fingerprint density at radius 1 is 0.960 bits per heavy atom. The molecule has 0 saturated carbocycles. The fraction of sp³-hybridized carbons (Fsp3) is 0.0476. The number of hydrogen-bond donors (Lipinski definition) is 0. The summed E-state index contributed by atoms with van der Waals surface area (Å²) < 4.78 is 44.4. The van der Waals surface area contributed by atoms with E-state index >= 15 is 0 Å². The Balaban J connectivity index is 1.96. The molecule has 4 heteroatoms. The van der Waals surface area contributed by atoms with Gasteiger partial charge >= 0.3 is 0 Å². The van der Waals surface area contributed by atoms with Gasteiger partial charge in [0.15, 0.2) is 0 Å². The van der Waals surface area contributed by atoms with Crippen molar-refractivity contribution in [2.75, 3.05) is 6.61 Å². The van der Waals surface area contributed by atoms with Crippen molar-refractivity contribution in [2.24, 2.45) is 0 Å². The Labute approximate surface area is 143 Å². The van der Waals surface area contributed by atoms with Crippen LogP contribution in [0.15, 0.2) is 73.3 Å². The summed E-state index contributed by atoms with van der Waals surface area (Å²) in [6.45, 7) is 3.86. The molecular weight excluding hydrogens is 325 g/mol. The van der Waals surface area contributed by atoms with Gasteiger partial charge in [0.05, 0.1) is 0 Å². The second-order valence-corrected chi connectivity index (χ2v) is 5.50.